The molecule has 0 radical (unpaired) electrons. The van der Waals surface area contributed by atoms with Gasteiger partial charge in [-0.3, -0.25) is 10.1 Å². The molecule has 2 aromatic rings. The Balaban J connectivity index is 1.98. The average Bonchev–Trinajstić information content (AvgIpc) is 2.98. The van der Waals surface area contributed by atoms with Crippen LogP contribution in [0.1, 0.15) is 17.4 Å². The Kier molecular flexibility index (Phi) is 5.71. The van der Waals surface area contributed by atoms with Crippen molar-refractivity contribution >= 4 is 22.7 Å². The first kappa shape index (κ1) is 15.5. The Morgan fingerprint density at radius 2 is 2.19 bits per heavy atom. The Morgan fingerprint density at radius 3 is 2.86 bits per heavy atom. The molecule has 0 spiro atoms. The molecule has 2 rings (SSSR count). The normalized spacial score (nSPS) is 10.5. The van der Waals surface area contributed by atoms with Gasteiger partial charge in [0.2, 0.25) is 0 Å². The zero-order valence-corrected chi connectivity index (χ0v) is 12.7. The number of rotatable bonds is 8. The molecule has 112 valence electrons. The summed E-state index contributed by atoms with van der Waals surface area (Å²) >= 11 is 1.71. The maximum atomic E-state index is 11.1. The number of ether oxygens (including phenoxy) is 1. The third kappa shape index (κ3) is 4.27. The molecule has 0 aliphatic heterocycles. The lowest BCUT2D eigenvalue weighted by Crippen LogP contribution is -2.06. The highest BCUT2D eigenvalue weighted by Gasteiger charge is 2.16. The lowest BCUT2D eigenvalue weighted by molar-refractivity contribution is -0.384. The minimum Gasteiger partial charge on any atom is -0.379 e. The maximum Gasteiger partial charge on any atom is 0.292 e. The van der Waals surface area contributed by atoms with Crippen molar-refractivity contribution in [3.05, 3.63) is 56.3 Å². The second-order valence-corrected chi connectivity index (χ2v) is 5.51. The van der Waals surface area contributed by atoms with E-state index >= 15 is 0 Å². The molecule has 0 unspecified atom stereocenters. The van der Waals surface area contributed by atoms with Crippen LogP contribution >= 0.6 is 11.3 Å². The SMILES string of the molecule is CCNc1c(COCCc2cccs2)cccc1[N+](=O)[O-]. The van der Waals surface area contributed by atoms with Gasteiger partial charge in [-0.2, -0.15) is 0 Å². The minimum atomic E-state index is -0.368. The van der Waals surface area contributed by atoms with Crippen molar-refractivity contribution in [1.82, 2.24) is 0 Å². The summed E-state index contributed by atoms with van der Waals surface area (Å²) in [5.74, 6) is 0. The van der Waals surface area contributed by atoms with E-state index in [0.717, 1.165) is 12.0 Å². The number of nitrogens with zero attached hydrogens (tertiary/aromatic N) is 1. The van der Waals surface area contributed by atoms with Gasteiger partial charge in [-0.05, 0) is 18.4 Å². The van der Waals surface area contributed by atoms with Gasteiger partial charge in [0.1, 0.15) is 5.69 Å². The van der Waals surface area contributed by atoms with E-state index in [-0.39, 0.29) is 10.6 Å². The maximum absolute atomic E-state index is 11.1. The van der Waals surface area contributed by atoms with Crippen LogP contribution in [0.2, 0.25) is 0 Å². The molecule has 0 aliphatic carbocycles. The molecule has 0 fully saturated rings. The molecule has 21 heavy (non-hydrogen) atoms. The second-order valence-electron chi connectivity index (χ2n) is 4.48. The minimum absolute atomic E-state index is 0.0937. The van der Waals surface area contributed by atoms with Crippen molar-refractivity contribution in [3.8, 4) is 0 Å². The molecule has 1 aromatic carbocycles. The first-order valence-corrected chi connectivity index (χ1v) is 7.70. The Morgan fingerprint density at radius 1 is 1.33 bits per heavy atom. The molecule has 5 nitrogen and oxygen atoms in total. The van der Waals surface area contributed by atoms with Gasteiger partial charge < -0.3 is 10.1 Å². The van der Waals surface area contributed by atoms with Crippen LogP contribution in [0.4, 0.5) is 11.4 Å². The number of nitro benzene ring substituents is 1. The molecule has 6 heteroatoms. The van der Waals surface area contributed by atoms with E-state index in [0.29, 0.717) is 25.4 Å². The fourth-order valence-corrected chi connectivity index (χ4v) is 2.74. The van der Waals surface area contributed by atoms with Crippen LogP contribution in [0.25, 0.3) is 0 Å². The molecule has 0 amide bonds. The quantitative estimate of drug-likeness (QED) is 0.457. The molecule has 0 bridgehead atoms. The Bertz CT molecular complexity index is 585. The summed E-state index contributed by atoms with van der Waals surface area (Å²) in [4.78, 5) is 12.0. The van der Waals surface area contributed by atoms with Crippen LogP contribution in [-0.4, -0.2) is 18.1 Å². The van der Waals surface area contributed by atoms with E-state index in [4.69, 9.17) is 4.74 Å². The third-order valence-electron chi connectivity index (χ3n) is 3.01. The molecule has 1 heterocycles. The number of hydrogen-bond acceptors (Lipinski definition) is 5. The van der Waals surface area contributed by atoms with Gasteiger partial charge >= 0.3 is 0 Å². The van der Waals surface area contributed by atoms with Crippen LogP contribution in [-0.2, 0) is 17.8 Å². The molecule has 1 aromatic heterocycles. The monoisotopic (exact) mass is 306 g/mol. The Hall–Kier alpha value is -1.92. The second kappa shape index (κ2) is 7.75. The van der Waals surface area contributed by atoms with Crippen LogP contribution in [0.5, 0.6) is 0 Å². The largest absolute Gasteiger partial charge is 0.379 e. The highest BCUT2D eigenvalue weighted by atomic mass is 32.1. The molecule has 1 N–H and O–H groups in total. The number of hydrogen-bond donors (Lipinski definition) is 1. The standard InChI is InChI=1S/C15H18N2O3S/c1-2-16-15-12(5-3-7-14(15)17(18)19)11-20-9-8-13-6-4-10-21-13/h3-7,10,16H,2,8-9,11H2,1H3. The van der Waals surface area contributed by atoms with E-state index in [2.05, 4.69) is 11.4 Å². The molecule has 0 saturated heterocycles. The van der Waals surface area contributed by atoms with Crippen LogP contribution in [0.15, 0.2) is 35.7 Å². The summed E-state index contributed by atoms with van der Waals surface area (Å²) in [6.07, 6.45) is 0.864. The lowest BCUT2D eigenvalue weighted by atomic mass is 10.1. The number of nitrogens with one attached hydrogen (secondary N) is 1. The summed E-state index contributed by atoms with van der Waals surface area (Å²) in [6.45, 7) is 3.52. The van der Waals surface area contributed by atoms with Crippen molar-refractivity contribution in [2.45, 2.75) is 20.0 Å². The van der Waals surface area contributed by atoms with Crippen LogP contribution in [0, 0.1) is 10.1 Å². The van der Waals surface area contributed by atoms with E-state index in [9.17, 15) is 10.1 Å². The first-order chi connectivity index (χ1) is 10.2. The number of thiophene rings is 1. The Labute approximate surface area is 127 Å². The molecule has 0 saturated carbocycles. The van der Waals surface area contributed by atoms with Gasteiger partial charge in [-0.25, -0.2) is 0 Å². The predicted octanol–water partition coefficient (Wildman–Crippen LogP) is 3.85. The number of para-hydroxylation sites is 1. The molecular formula is C15H18N2O3S. The summed E-state index contributed by atoms with van der Waals surface area (Å²) in [5.41, 5.74) is 1.47. The fourth-order valence-electron chi connectivity index (χ4n) is 2.05. The average molecular weight is 306 g/mol. The predicted molar refractivity (Wildman–Crippen MR) is 84.9 cm³/mol. The van der Waals surface area contributed by atoms with Crippen LogP contribution < -0.4 is 5.32 Å². The lowest BCUT2D eigenvalue weighted by Gasteiger charge is -2.11. The zero-order chi connectivity index (χ0) is 15.1. The zero-order valence-electron chi connectivity index (χ0n) is 11.9. The molecule has 0 aliphatic rings. The van der Waals surface area contributed by atoms with Crippen molar-refractivity contribution in [2.24, 2.45) is 0 Å². The van der Waals surface area contributed by atoms with E-state index in [1.807, 2.05) is 24.4 Å². The number of nitro groups is 1. The highest BCUT2D eigenvalue weighted by molar-refractivity contribution is 7.09. The summed E-state index contributed by atoms with van der Waals surface area (Å²) in [6, 6.07) is 9.15. The van der Waals surface area contributed by atoms with Crippen LogP contribution in [0.3, 0.4) is 0 Å². The molecule has 0 atom stereocenters. The van der Waals surface area contributed by atoms with Crippen molar-refractivity contribution in [2.75, 3.05) is 18.5 Å². The van der Waals surface area contributed by atoms with E-state index in [1.165, 1.54) is 10.9 Å². The van der Waals surface area contributed by atoms with Crippen molar-refractivity contribution < 1.29 is 9.66 Å². The number of benzene rings is 1. The van der Waals surface area contributed by atoms with E-state index < -0.39 is 0 Å². The first-order valence-electron chi connectivity index (χ1n) is 6.82. The topological polar surface area (TPSA) is 64.4 Å². The smallest absolute Gasteiger partial charge is 0.292 e. The van der Waals surface area contributed by atoms with E-state index in [1.54, 1.807) is 17.4 Å². The van der Waals surface area contributed by atoms with Gasteiger partial charge in [0.15, 0.2) is 0 Å². The van der Waals surface area contributed by atoms with Crippen molar-refractivity contribution in [3.63, 3.8) is 0 Å². The fraction of sp³-hybridized carbons (Fsp3) is 0.333. The summed E-state index contributed by atoms with van der Waals surface area (Å²) in [7, 11) is 0. The van der Waals surface area contributed by atoms with Crippen molar-refractivity contribution in [1.29, 1.82) is 0 Å². The summed E-state index contributed by atoms with van der Waals surface area (Å²) in [5, 5.41) is 16.2. The summed E-state index contributed by atoms with van der Waals surface area (Å²) < 4.78 is 5.66. The van der Waals surface area contributed by atoms with Gasteiger partial charge in [0.05, 0.1) is 18.1 Å². The van der Waals surface area contributed by atoms with Gasteiger partial charge in [-0.1, -0.05) is 18.2 Å². The number of anilines is 1. The highest BCUT2D eigenvalue weighted by Crippen LogP contribution is 2.28. The third-order valence-corrected chi connectivity index (χ3v) is 3.95. The van der Waals surface area contributed by atoms with Gasteiger partial charge in [-0.15, -0.1) is 11.3 Å². The molecular weight excluding hydrogens is 288 g/mol. The van der Waals surface area contributed by atoms with Gasteiger partial charge in [0.25, 0.3) is 5.69 Å². The van der Waals surface area contributed by atoms with Gasteiger partial charge in [0, 0.05) is 29.5 Å².